The molecule has 0 spiro atoms. The second-order valence-corrected chi connectivity index (χ2v) is 5.33. The summed E-state index contributed by atoms with van der Waals surface area (Å²) in [6.45, 7) is 0.505. The van der Waals surface area contributed by atoms with Crippen molar-refractivity contribution in [2.24, 2.45) is 0 Å². The number of fused-ring (bicyclic) bond motifs is 1. The molecule has 1 aliphatic heterocycles. The van der Waals surface area contributed by atoms with Crippen LogP contribution in [-0.2, 0) is 6.54 Å². The predicted octanol–water partition coefficient (Wildman–Crippen LogP) is 2.32. The van der Waals surface area contributed by atoms with Crippen molar-refractivity contribution >= 4 is 22.2 Å². The van der Waals surface area contributed by atoms with Crippen molar-refractivity contribution in [3.8, 4) is 11.5 Å². The largest absolute Gasteiger partial charge is 0.454 e. The van der Waals surface area contributed by atoms with Gasteiger partial charge in [-0.15, -0.1) is 0 Å². The number of nitrogens with zero attached hydrogens (tertiary/aromatic N) is 1. The van der Waals surface area contributed by atoms with Crippen molar-refractivity contribution in [2.75, 3.05) is 6.79 Å². The summed E-state index contributed by atoms with van der Waals surface area (Å²) in [5.41, 5.74) is 0.860. The maximum atomic E-state index is 11.9. The van der Waals surface area contributed by atoms with Crippen molar-refractivity contribution in [3.63, 3.8) is 0 Å². The number of amides is 1. The molecule has 0 radical (unpaired) electrons. The molecular formula is C13H10N2O5S. The summed E-state index contributed by atoms with van der Waals surface area (Å²) >= 11 is 0.849. The van der Waals surface area contributed by atoms with Gasteiger partial charge in [-0.2, -0.15) is 0 Å². The van der Waals surface area contributed by atoms with Crippen molar-refractivity contribution in [1.82, 2.24) is 5.32 Å². The number of hydrogen-bond donors (Lipinski definition) is 1. The highest BCUT2D eigenvalue weighted by atomic mass is 32.1. The summed E-state index contributed by atoms with van der Waals surface area (Å²) in [6.07, 6.45) is 0. The van der Waals surface area contributed by atoms with E-state index in [0.717, 1.165) is 16.9 Å². The highest BCUT2D eigenvalue weighted by molar-refractivity contribution is 7.17. The molecule has 1 aliphatic rings. The molecule has 0 saturated carbocycles. The summed E-state index contributed by atoms with van der Waals surface area (Å²) < 4.78 is 10.5. The summed E-state index contributed by atoms with van der Waals surface area (Å²) in [5, 5.41) is 13.2. The lowest BCUT2D eigenvalue weighted by Gasteiger charge is -2.04. The number of thiophene rings is 1. The lowest BCUT2D eigenvalue weighted by molar-refractivity contribution is -0.380. The summed E-state index contributed by atoms with van der Waals surface area (Å²) in [6, 6.07) is 8.15. The standard InChI is InChI=1S/C13H10N2O5S/c16-13(11-3-4-12(21-11)15(17)18)14-6-8-1-2-9-10(5-8)20-7-19-9/h1-5H,6-7H2,(H,14,16). The zero-order valence-electron chi connectivity index (χ0n) is 10.7. The van der Waals surface area contributed by atoms with Crippen LogP contribution in [0.3, 0.4) is 0 Å². The Labute approximate surface area is 123 Å². The van der Waals surface area contributed by atoms with Crippen molar-refractivity contribution in [2.45, 2.75) is 6.54 Å². The summed E-state index contributed by atoms with van der Waals surface area (Å²) in [4.78, 5) is 22.3. The molecule has 21 heavy (non-hydrogen) atoms. The number of hydrogen-bond acceptors (Lipinski definition) is 6. The molecule has 0 atom stereocenters. The minimum absolute atomic E-state index is 0.0526. The van der Waals surface area contributed by atoms with Gasteiger partial charge in [0, 0.05) is 12.6 Å². The van der Waals surface area contributed by atoms with E-state index < -0.39 is 4.92 Å². The van der Waals surface area contributed by atoms with Crippen LogP contribution in [0.4, 0.5) is 5.00 Å². The van der Waals surface area contributed by atoms with Gasteiger partial charge in [-0.25, -0.2) is 0 Å². The van der Waals surface area contributed by atoms with Gasteiger partial charge in [-0.3, -0.25) is 14.9 Å². The third-order valence-electron chi connectivity index (χ3n) is 2.89. The molecule has 1 aromatic heterocycles. The lowest BCUT2D eigenvalue weighted by atomic mass is 10.2. The number of carbonyl (C=O) groups excluding carboxylic acids is 1. The molecule has 108 valence electrons. The van der Waals surface area contributed by atoms with Crippen LogP contribution in [0.25, 0.3) is 0 Å². The average molecular weight is 306 g/mol. The number of benzene rings is 1. The lowest BCUT2D eigenvalue weighted by Crippen LogP contribution is -2.21. The third kappa shape index (κ3) is 2.79. The number of carbonyl (C=O) groups is 1. The zero-order valence-corrected chi connectivity index (χ0v) is 11.5. The fourth-order valence-corrected chi connectivity index (χ4v) is 2.61. The van der Waals surface area contributed by atoms with Crippen molar-refractivity contribution < 1.29 is 19.2 Å². The van der Waals surface area contributed by atoms with Gasteiger partial charge in [-0.05, 0) is 23.8 Å². The second kappa shape index (κ2) is 5.41. The Hall–Kier alpha value is -2.61. The van der Waals surface area contributed by atoms with E-state index in [9.17, 15) is 14.9 Å². The van der Waals surface area contributed by atoms with Crippen LogP contribution < -0.4 is 14.8 Å². The quantitative estimate of drug-likeness (QED) is 0.691. The van der Waals surface area contributed by atoms with Gasteiger partial charge in [0.05, 0.1) is 9.80 Å². The van der Waals surface area contributed by atoms with Crippen molar-refractivity contribution in [1.29, 1.82) is 0 Å². The maximum absolute atomic E-state index is 11.9. The van der Waals surface area contributed by atoms with E-state index in [1.165, 1.54) is 12.1 Å². The Kier molecular flexibility index (Phi) is 3.44. The topological polar surface area (TPSA) is 90.7 Å². The Morgan fingerprint density at radius 3 is 2.86 bits per heavy atom. The molecule has 0 unspecified atom stereocenters. The fourth-order valence-electron chi connectivity index (χ4n) is 1.87. The Morgan fingerprint density at radius 1 is 1.29 bits per heavy atom. The van der Waals surface area contributed by atoms with Gasteiger partial charge >= 0.3 is 5.00 Å². The van der Waals surface area contributed by atoms with Gasteiger partial charge in [0.1, 0.15) is 0 Å². The smallest absolute Gasteiger partial charge is 0.324 e. The third-order valence-corrected chi connectivity index (χ3v) is 3.92. The van der Waals surface area contributed by atoms with E-state index in [4.69, 9.17) is 9.47 Å². The van der Waals surface area contributed by atoms with Crippen molar-refractivity contribution in [3.05, 3.63) is 50.9 Å². The van der Waals surface area contributed by atoms with Crippen LogP contribution in [0.1, 0.15) is 15.2 Å². The number of ether oxygens (including phenoxy) is 2. The average Bonchev–Trinajstić information content (AvgIpc) is 3.12. The molecule has 0 aliphatic carbocycles. The molecule has 0 fully saturated rings. The monoisotopic (exact) mass is 306 g/mol. The fraction of sp³-hybridized carbons (Fsp3) is 0.154. The highest BCUT2D eigenvalue weighted by Crippen LogP contribution is 2.32. The van der Waals surface area contributed by atoms with Crippen LogP contribution >= 0.6 is 11.3 Å². The Bertz CT molecular complexity index is 712. The Morgan fingerprint density at radius 2 is 2.10 bits per heavy atom. The highest BCUT2D eigenvalue weighted by Gasteiger charge is 2.16. The van der Waals surface area contributed by atoms with E-state index in [-0.39, 0.29) is 17.7 Å². The molecule has 2 aromatic rings. The summed E-state index contributed by atoms with van der Waals surface area (Å²) in [7, 11) is 0. The van der Waals surface area contributed by atoms with E-state index >= 15 is 0 Å². The predicted molar refractivity (Wildman–Crippen MR) is 74.7 cm³/mol. The number of nitrogens with one attached hydrogen (secondary N) is 1. The molecule has 0 bridgehead atoms. The van der Waals surface area contributed by atoms with Crippen LogP contribution in [0.5, 0.6) is 11.5 Å². The number of nitro groups is 1. The SMILES string of the molecule is O=C(NCc1ccc2c(c1)OCO2)c1ccc([N+](=O)[O-])s1. The van der Waals surface area contributed by atoms with Gasteiger partial charge in [-0.1, -0.05) is 17.4 Å². The van der Waals surface area contributed by atoms with E-state index in [1.54, 1.807) is 12.1 Å². The number of rotatable bonds is 4. The second-order valence-electron chi connectivity index (χ2n) is 4.27. The molecule has 7 nitrogen and oxygen atoms in total. The zero-order chi connectivity index (χ0) is 14.8. The summed E-state index contributed by atoms with van der Waals surface area (Å²) in [5.74, 6) is 0.984. The first-order chi connectivity index (χ1) is 10.1. The van der Waals surface area contributed by atoms with E-state index in [0.29, 0.717) is 22.9 Å². The minimum Gasteiger partial charge on any atom is -0.454 e. The molecule has 8 heteroatoms. The van der Waals surface area contributed by atoms with Gasteiger partial charge in [0.2, 0.25) is 6.79 Å². The molecule has 2 heterocycles. The maximum Gasteiger partial charge on any atom is 0.324 e. The van der Waals surface area contributed by atoms with Crippen LogP contribution in [0.2, 0.25) is 0 Å². The molecule has 3 rings (SSSR count). The van der Waals surface area contributed by atoms with Crippen LogP contribution in [0.15, 0.2) is 30.3 Å². The van der Waals surface area contributed by atoms with E-state index in [1.807, 2.05) is 6.07 Å². The van der Waals surface area contributed by atoms with Gasteiger partial charge in [0.25, 0.3) is 5.91 Å². The normalized spacial score (nSPS) is 12.2. The van der Waals surface area contributed by atoms with E-state index in [2.05, 4.69) is 5.32 Å². The van der Waals surface area contributed by atoms with Gasteiger partial charge < -0.3 is 14.8 Å². The van der Waals surface area contributed by atoms with Gasteiger partial charge in [0.15, 0.2) is 11.5 Å². The first-order valence-electron chi connectivity index (χ1n) is 6.04. The molecule has 0 saturated heterocycles. The first kappa shape index (κ1) is 13.4. The molecular weight excluding hydrogens is 296 g/mol. The van der Waals surface area contributed by atoms with Crippen LogP contribution in [-0.4, -0.2) is 17.6 Å². The first-order valence-corrected chi connectivity index (χ1v) is 6.86. The Balaban J connectivity index is 1.64. The molecule has 1 amide bonds. The molecule has 1 aromatic carbocycles. The van der Waals surface area contributed by atoms with Crippen LogP contribution in [0, 0.1) is 10.1 Å². The minimum atomic E-state index is -0.515. The molecule has 1 N–H and O–H groups in total.